The van der Waals surface area contributed by atoms with Crippen molar-refractivity contribution in [2.24, 2.45) is 41.4 Å². The Morgan fingerprint density at radius 2 is 1.87 bits per heavy atom. The van der Waals surface area contributed by atoms with Gasteiger partial charge in [-0.3, -0.25) is 4.79 Å². The van der Waals surface area contributed by atoms with Gasteiger partial charge >= 0.3 is 12.4 Å². The SMILES string of the molecule is CCOC(OC(=O)C1CC2CC1C1C3C=CC(C3)C21)OC(C)C. The molecule has 8 unspecified atom stereocenters. The van der Waals surface area contributed by atoms with Crippen LogP contribution in [0.15, 0.2) is 12.2 Å². The van der Waals surface area contributed by atoms with Crippen molar-refractivity contribution in [3.63, 3.8) is 0 Å². The van der Waals surface area contributed by atoms with Gasteiger partial charge in [0, 0.05) is 0 Å². The fourth-order valence-electron chi connectivity index (χ4n) is 5.93. The van der Waals surface area contributed by atoms with Gasteiger partial charge in [-0.1, -0.05) is 12.2 Å². The second-order valence-corrected chi connectivity index (χ2v) is 7.97. The van der Waals surface area contributed by atoms with Gasteiger partial charge in [0.2, 0.25) is 0 Å². The monoisotopic (exact) mass is 320 g/mol. The summed E-state index contributed by atoms with van der Waals surface area (Å²) in [4.78, 5) is 12.7. The van der Waals surface area contributed by atoms with E-state index in [-0.39, 0.29) is 18.0 Å². The van der Waals surface area contributed by atoms with Gasteiger partial charge in [0.1, 0.15) is 0 Å². The quantitative estimate of drug-likeness (QED) is 0.326. The Hall–Kier alpha value is -0.870. The zero-order valence-corrected chi connectivity index (χ0v) is 14.3. The van der Waals surface area contributed by atoms with E-state index in [9.17, 15) is 4.79 Å². The molecule has 128 valence electrons. The molecule has 0 saturated heterocycles. The third kappa shape index (κ3) is 2.54. The van der Waals surface area contributed by atoms with Crippen molar-refractivity contribution in [3.8, 4) is 0 Å². The number of carbonyl (C=O) groups is 1. The van der Waals surface area contributed by atoms with Crippen molar-refractivity contribution in [1.29, 1.82) is 0 Å². The van der Waals surface area contributed by atoms with Crippen LogP contribution >= 0.6 is 0 Å². The molecule has 3 fully saturated rings. The molecule has 0 N–H and O–H groups in total. The highest BCUT2D eigenvalue weighted by Crippen LogP contribution is 2.67. The first-order chi connectivity index (χ1) is 11.1. The van der Waals surface area contributed by atoms with Crippen LogP contribution in [-0.2, 0) is 19.0 Å². The maximum absolute atomic E-state index is 12.7. The summed E-state index contributed by atoms with van der Waals surface area (Å²) in [5.74, 6) is 4.24. The van der Waals surface area contributed by atoms with Crippen LogP contribution in [-0.4, -0.2) is 25.2 Å². The summed E-state index contributed by atoms with van der Waals surface area (Å²) in [5, 5.41) is 0. The first-order valence-electron chi connectivity index (χ1n) is 9.24. The molecule has 8 atom stereocenters. The number of allylic oxidation sites excluding steroid dienone is 2. The predicted molar refractivity (Wildman–Crippen MR) is 85.1 cm³/mol. The van der Waals surface area contributed by atoms with E-state index in [1.165, 1.54) is 12.8 Å². The maximum Gasteiger partial charge on any atom is 0.318 e. The van der Waals surface area contributed by atoms with E-state index in [1.54, 1.807) is 0 Å². The summed E-state index contributed by atoms with van der Waals surface area (Å²) in [6.07, 6.45) is 8.35. The van der Waals surface area contributed by atoms with Crippen molar-refractivity contribution in [2.45, 2.75) is 52.6 Å². The molecule has 23 heavy (non-hydrogen) atoms. The van der Waals surface area contributed by atoms with E-state index in [0.717, 1.165) is 30.1 Å². The van der Waals surface area contributed by atoms with Gasteiger partial charge in [-0.05, 0) is 75.5 Å². The van der Waals surface area contributed by atoms with Gasteiger partial charge in [-0.25, -0.2) is 0 Å². The van der Waals surface area contributed by atoms with Crippen molar-refractivity contribution < 1.29 is 19.0 Å². The summed E-state index contributed by atoms with van der Waals surface area (Å²) in [6, 6.07) is 0. The lowest BCUT2D eigenvalue weighted by Crippen LogP contribution is -2.37. The highest BCUT2D eigenvalue weighted by molar-refractivity contribution is 5.73. The minimum absolute atomic E-state index is 0.0283. The van der Waals surface area contributed by atoms with Crippen LogP contribution in [0.2, 0.25) is 0 Å². The Kier molecular flexibility index (Phi) is 4.01. The second kappa shape index (κ2) is 5.89. The predicted octanol–water partition coefficient (Wildman–Crippen LogP) is 3.37. The molecular weight excluding hydrogens is 292 g/mol. The molecule has 0 aromatic rings. The topological polar surface area (TPSA) is 44.8 Å². The summed E-state index contributed by atoms with van der Waals surface area (Å²) < 4.78 is 16.5. The molecule has 0 amide bonds. The third-order valence-electron chi connectivity index (χ3n) is 6.47. The zero-order chi connectivity index (χ0) is 16.1. The van der Waals surface area contributed by atoms with Crippen LogP contribution < -0.4 is 0 Å². The van der Waals surface area contributed by atoms with Crippen molar-refractivity contribution >= 4 is 5.97 Å². The van der Waals surface area contributed by atoms with Gasteiger partial charge < -0.3 is 14.2 Å². The summed E-state index contributed by atoms with van der Waals surface area (Å²) in [5.41, 5.74) is 0. The van der Waals surface area contributed by atoms with E-state index < -0.39 is 6.48 Å². The molecule has 4 bridgehead atoms. The molecule has 4 rings (SSSR count). The molecule has 4 aliphatic carbocycles. The van der Waals surface area contributed by atoms with Crippen LogP contribution in [0.5, 0.6) is 0 Å². The molecule has 4 aliphatic rings. The van der Waals surface area contributed by atoms with Crippen molar-refractivity contribution in [2.75, 3.05) is 6.61 Å². The largest absolute Gasteiger partial charge is 0.410 e. The molecule has 4 nitrogen and oxygen atoms in total. The highest BCUT2D eigenvalue weighted by atomic mass is 16.9. The molecule has 4 heteroatoms. The Morgan fingerprint density at radius 3 is 2.57 bits per heavy atom. The summed E-state index contributed by atoms with van der Waals surface area (Å²) in [6.45, 7) is 5.34. The van der Waals surface area contributed by atoms with Crippen LogP contribution in [0.4, 0.5) is 0 Å². The van der Waals surface area contributed by atoms with E-state index in [2.05, 4.69) is 12.2 Å². The molecule has 0 spiro atoms. The molecule has 0 aromatic carbocycles. The maximum atomic E-state index is 12.7. The average Bonchev–Trinajstić information content (AvgIpc) is 3.25. The number of hydrogen-bond donors (Lipinski definition) is 0. The molecule has 0 aromatic heterocycles. The third-order valence-corrected chi connectivity index (χ3v) is 6.47. The Bertz CT molecular complexity index is 500. The molecule has 0 aliphatic heterocycles. The summed E-state index contributed by atoms with van der Waals surface area (Å²) in [7, 11) is 0. The Labute approximate surface area is 138 Å². The van der Waals surface area contributed by atoms with Gasteiger partial charge in [-0.15, -0.1) is 0 Å². The van der Waals surface area contributed by atoms with Gasteiger partial charge in [0.15, 0.2) is 0 Å². The lowest BCUT2D eigenvalue weighted by molar-refractivity contribution is -0.288. The zero-order valence-electron chi connectivity index (χ0n) is 14.3. The first kappa shape index (κ1) is 15.6. The van der Waals surface area contributed by atoms with Crippen LogP contribution in [0.1, 0.15) is 40.0 Å². The molecule has 3 saturated carbocycles. The van der Waals surface area contributed by atoms with Crippen LogP contribution in [0.3, 0.4) is 0 Å². The van der Waals surface area contributed by atoms with Crippen LogP contribution in [0, 0.1) is 41.4 Å². The second-order valence-electron chi connectivity index (χ2n) is 7.97. The van der Waals surface area contributed by atoms with E-state index in [0.29, 0.717) is 18.4 Å². The van der Waals surface area contributed by atoms with Crippen LogP contribution in [0.25, 0.3) is 0 Å². The lowest BCUT2D eigenvalue weighted by atomic mass is 9.69. The average molecular weight is 320 g/mol. The Balaban J connectivity index is 1.41. The summed E-state index contributed by atoms with van der Waals surface area (Å²) >= 11 is 0. The normalized spacial score (nSPS) is 44.1. The molecule has 0 radical (unpaired) electrons. The molecule has 0 heterocycles. The van der Waals surface area contributed by atoms with Gasteiger partial charge in [-0.2, -0.15) is 0 Å². The number of rotatable bonds is 6. The fraction of sp³-hybridized carbons (Fsp3) is 0.842. The smallest absolute Gasteiger partial charge is 0.318 e. The highest BCUT2D eigenvalue weighted by Gasteiger charge is 2.62. The number of esters is 1. The van der Waals surface area contributed by atoms with E-state index in [4.69, 9.17) is 14.2 Å². The number of hydrogen-bond acceptors (Lipinski definition) is 4. The van der Waals surface area contributed by atoms with Gasteiger partial charge in [0.05, 0.1) is 18.6 Å². The number of carbonyl (C=O) groups excluding carboxylic acids is 1. The van der Waals surface area contributed by atoms with Crippen molar-refractivity contribution in [3.05, 3.63) is 12.2 Å². The standard InChI is InChI=1S/C19H28O4/c1-4-21-19(22-10(2)3)23-18(20)15-9-13-8-14(15)17-12-6-5-11(7-12)16(13)17/h5-6,10-17,19H,4,7-9H2,1-3H3. The Morgan fingerprint density at radius 1 is 1.13 bits per heavy atom. The van der Waals surface area contributed by atoms with Crippen molar-refractivity contribution in [1.82, 2.24) is 0 Å². The fourth-order valence-corrected chi connectivity index (χ4v) is 5.93. The van der Waals surface area contributed by atoms with E-state index >= 15 is 0 Å². The first-order valence-corrected chi connectivity index (χ1v) is 9.24. The lowest BCUT2D eigenvalue weighted by Gasteiger charge is -2.36. The van der Waals surface area contributed by atoms with E-state index in [1.807, 2.05) is 20.8 Å². The number of fused-ring (bicyclic) bond motifs is 9. The minimum Gasteiger partial charge on any atom is -0.410 e. The van der Waals surface area contributed by atoms with Gasteiger partial charge in [0.25, 0.3) is 0 Å². The molecular formula is C19H28O4. The number of ether oxygens (including phenoxy) is 3. The minimum atomic E-state index is -0.859.